The Morgan fingerprint density at radius 1 is 1.35 bits per heavy atom. The van der Waals surface area contributed by atoms with Gasteiger partial charge in [0.2, 0.25) is 10.0 Å². The van der Waals surface area contributed by atoms with Crippen molar-refractivity contribution in [1.82, 2.24) is 9.71 Å². The van der Waals surface area contributed by atoms with Crippen LogP contribution in [0.3, 0.4) is 0 Å². The van der Waals surface area contributed by atoms with Crippen molar-refractivity contribution in [2.75, 3.05) is 25.6 Å². The minimum atomic E-state index is -3.58. The zero-order valence-electron chi connectivity index (χ0n) is 12.4. The van der Waals surface area contributed by atoms with Crippen molar-refractivity contribution in [2.45, 2.75) is 31.7 Å². The molecule has 1 aromatic rings. The summed E-state index contributed by atoms with van der Waals surface area (Å²) < 4.78 is 32.2. The second-order valence-electron chi connectivity index (χ2n) is 4.84. The monoisotopic (exact) mass is 301 g/mol. The normalized spacial score (nSPS) is 13.4. The van der Waals surface area contributed by atoms with Crippen LogP contribution in [0, 0.1) is 5.92 Å². The van der Waals surface area contributed by atoms with E-state index in [1.54, 1.807) is 13.2 Å². The van der Waals surface area contributed by atoms with E-state index < -0.39 is 10.0 Å². The molecule has 0 aliphatic rings. The fourth-order valence-electron chi connectivity index (χ4n) is 1.63. The second kappa shape index (κ2) is 7.56. The maximum absolute atomic E-state index is 12.3. The Hall–Kier alpha value is -1.18. The van der Waals surface area contributed by atoms with Gasteiger partial charge in [-0.3, -0.25) is 0 Å². The molecule has 1 aromatic heterocycles. The van der Waals surface area contributed by atoms with E-state index in [2.05, 4.69) is 15.0 Å². The zero-order valence-corrected chi connectivity index (χ0v) is 13.2. The Morgan fingerprint density at radius 3 is 2.50 bits per heavy atom. The minimum absolute atomic E-state index is 0.138. The lowest BCUT2D eigenvalue weighted by molar-refractivity contribution is 0.157. The van der Waals surface area contributed by atoms with E-state index in [1.807, 2.05) is 20.8 Å². The van der Waals surface area contributed by atoms with Crippen molar-refractivity contribution in [3.05, 3.63) is 18.3 Å². The van der Waals surface area contributed by atoms with Gasteiger partial charge < -0.3 is 10.1 Å². The van der Waals surface area contributed by atoms with Crippen LogP contribution in [0.4, 0.5) is 5.82 Å². The number of anilines is 1. The molecule has 0 amide bonds. The molecule has 0 aromatic carbocycles. The Labute approximate surface area is 121 Å². The van der Waals surface area contributed by atoms with Crippen molar-refractivity contribution in [1.29, 1.82) is 0 Å². The summed E-state index contributed by atoms with van der Waals surface area (Å²) in [6, 6.07) is 2.93. The Bertz CT molecular complexity index is 500. The van der Waals surface area contributed by atoms with Gasteiger partial charge in [0.05, 0.1) is 6.61 Å². The molecule has 1 heterocycles. The van der Waals surface area contributed by atoms with E-state index in [4.69, 9.17) is 4.74 Å². The second-order valence-corrected chi connectivity index (χ2v) is 6.55. The smallest absolute Gasteiger partial charge is 0.242 e. The highest BCUT2D eigenvalue weighted by molar-refractivity contribution is 7.89. The molecule has 0 spiro atoms. The standard InChI is InChI=1S/C13H23N3O3S/c1-5-14-13-7-6-11(8-15-13)20(17,18)16-12(9-19-4)10(2)3/h6-8,10,12,16H,5,9H2,1-4H3,(H,14,15). The van der Waals surface area contributed by atoms with Gasteiger partial charge in [-0.15, -0.1) is 0 Å². The van der Waals surface area contributed by atoms with Crippen LogP contribution in [0.1, 0.15) is 20.8 Å². The first kappa shape index (κ1) is 16.9. The van der Waals surface area contributed by atoms with Gasteiger partial charge in [0, 0.05) is 25.9 Å². The summed E-state index contributed by atoms with van der Waals surface area (Å²) in [7, 11) is -2.03. The number of pyridine rings is 1. The SMILES string of the molecule is CCNc1ccc(S(=O)(=O)NC(COC)C(C)C)cn1. The van der Waals surface area contributed by atoms with E-state index in [0.29, 0.717) is 12.4 Å². The number of nitrogens with zero attached hydrogens (tertiary/aromatic N) is 1. The summed E-state index contributed by atoms with van der Waals surface area (Å²) in [5.41, 5.74) is 0. The number of rotatable bonds is 8. The Balaban J connectivity index is 2.86. The highest BCUT2D eigenvalue weighted by atomic mass is 32.2. The van der Waals surface area contributed by atoms with Crippen LogP contribution < -0.4 is 10.0 Å². The molecule has 0 fully saturated rings. The van der Waals surface area contributed by atoms with Gasteiger partial charge in [0.15, 0.2) is 0 Å². The van der Waals surface area contributed by atoms with Crippen molar-refractivity contribution >= 4 is 15.8 Å². The molecule has 0 saturated carbocycles. The minimum Gasteiger partial charge on any atom is -0.383 e. The van der Waals surface area contributed by atoms with Gasteiger partial charge in [-0.1, -0.05) is 13.8 Å². The van der Waals surface area contributed by atoms with Gasteiger partial charge in [0.25, 0.3) is 0 Å². The molecular weight excluding hydrogens is 278 g/mol. The zero-order chi connectivity index (χ0) is 15.2. The van der Waals surface area contributed by atoms with E-state index in [0.717, 1.165) is 6.54 Å². The van der Waals surface area contributed by atoms with Gasteiger partial charge in [0.1, 0.15) is 10.7 Å². The van der Waals surface area contributed by atoms with Crippen LogP contribution in [-0.2, 0) is 14.8 Å². The van der Waals surface area contributed by atoms with Crippen LogP contribution in [0.5, 0.6) is 0 Å². The molecule has 0 saturated heterocycles. The Morgan fingerprint density at radius 2 is 2.05 bits per heavy atom. The molecule has 0 aliphatic heterocycles. The molecule has 0 radical (unpaired) electrons. The van der Waals surface area contributed by atoms with E-state index in [9.17, 15) is 8.42 Å². The first-order chi connectivity index (χ1) is 9.40. The lowest BCUT2D eigenvalue weighted by Gasteiger charge is -2.21. The third-order valence-corrected chi connectivity index (χ3v) is 4.34. The largest absolute Gasteiger partial charge is 0.383 e. The summed E-state index contributed by atoms with van der Waals surface area (Å²) in [6.07, 6.45) is 1.35. The van der Waals surface area contributed by atoms with Gasteiger partial charge in [-0.25, -0.2) is 18.1 Å². The predicted octanol–water partition coefficient (Wildman–Crippen LogP) is 1.46. The molecule has 6 nitrogen and oxygen atoms in total. The number of aromatic nitrogens is 1. The van der Waals surface area contributed by atoms with Crippen molar-refractivity contribution < 1.29 is 13.2 Å². The molecular formula is C13H23N3O3S. The number of nitrogens with one attached hydrogen (secondary N) is 2. The van der Waals surface area contributed by atoms with E-state index in [1.165, 1.54) is 12.3 Å². The summed E-state index contributed by atoms with van der Waals surface area (Å²) in [6.45, 7) is 6.91. The number of methoxy groups -OCH3 is 1. The summed E-state index contributed by atoms with van der Waals surface area (Å²) in [5, 5.41) is 3.02. The highest BCUT2D eigenvalue weighted by Gasteiger charge is 2.22. The molecule has 0 aliphatic carbocycles. The summed E-state index contributed by atoms with van der Waals surface area (Å²) >= 11 is 0. The van der Waals surface area contributed by atoms with Gasteiger partial charge in [-0.05, 0) is 25.0 Å². The molecule has 1 unspecified atom stereocenters. The molecule has 1 rings (SSSR count). The highest BCUT2D eigenvalue weighted by Crippen LogP contribution is 2.13. The average Bonchev–Trinajstić information content (AvgIpc) is 2.39. The first-order valence-electron chi connectivity index (χ1n) is 6.62. The third kappa shape index (κ3) is 4.73. The van der Waals surface area contributed by atoms with Crippen molar-refractivity contribution in [3.63, 3.8) is 0 Å². The molecule has 2 N–H and O–H groups in total. The predicted molar refractivity (Wildman–Crippen MR) is 79.2 cm³/mol. The molecule has 20 heavy (non-hydrogen) atoms. The van der Waals surface area contributed by atoms with Crippen molar-refractivity contribution in [3.8, 4) is 0 Å². The van der Waals surface area contributed by atoms with Crippen molar-refractivity contribution in [2.24, 2.45) is 5.92 Å². The van der Waals surface area contributed by atoms with Gasteiger partial charge >= 0.3 is 0 Å². The van der Waals surface area contributed by atoms with Gasteiger partial charge in [-0.2, -0.15) is 0 Å². The third-order valence-electron chi connectivity index (χ3n) is 2.86. The van der Waals surface area contributed by atoms with Crippen LogP contribution >= 0.6 is 0 Å². The van der Waals surface area contributed by atoms with E-state index in [-0.39, 0.29) is 16.9 Å². The average molecular weight is 301 g/mol. The summed E-state index contributed by atoms with van der Waals surface area (Å²) in [5.74, 6) is 0.794. The van der Waals surface area contributed by atoms with Crippen LogP contribution in [0.15, 0.2) is 23.2 Å². The first-order valence-corrected chi connectivity index (χ1v) is 8.10. The number of sulfonamides is 1. The molecule has 0 bridgehead atoms. The molecule has 1 atom stereocenters. The van der Waals surface area contributed by atoms with Crippen LogP contribution in [0.25, 0.3) is 0 Å². The lowest BCUT2D eigenvalue weighted by atomic mass is 10.1. The quantitative estimate of drug-likeness (QED) is 0.760. The summed E-state index contributed by atoms with van der Waals surface area (Å²) in [4.78, 5) is 4.22. The Kier molecular flexibility index (Phi) is 6.38. The fraction of sp³-hybridized carbons (Fsp3) is 0.615. The molecule has 114 valence electrons. The van der Waals surface area contributed by atoms with Crippen LogP contribution in [0.2, 0.25) is 0 Å². The maximum Gasteiger partial charge on any atom is 0.242 e. The lowest BCUT2D eigenvalue weighted by Crippen LogP contribution is -2.41. The fourth-order valence-corrected chi connectivity index (χ4v) is 2.95. The van der Waals surface area contributed by atoms with E-state index >= 15 is 0 Å². The number of hydrogen-bond donors (Lipinski definition) is 2. The maximum atomic E-state index is 12.3. The number of ether oxygens (including phenoxy) is 1. The molecule has 7 heteroatoms. The topological polar surface area (TPSA) is 80.3 Å². The number of hydrogen-bond acceptors (Lipinski definition) is 5. The van der Waals surface area contributed by atoms with Crippen LogP contribution in [-0.4, -0.2) is 39.7 Å².